The van der Waals surface area contributed by atoms with Crippen molar-refractivity contribution in [2.75, 3.05) is 10.6 Å². The van der Waals surface area contributed by atoms with Crippen molar-refractivity contribution in [1.82, 2.24) is 0 Å². The number of hydrogen-bond donors (Lipinski definition) is 2. The van der Waals surface area contributed by atoms with E-state index in [1.165, 1.54) is 25.1 Å². The fraction of sp³-hybridized carbons (Fsp3) is 0.0870. The first-order valence-corrected chi connectivity index (χ1v) is 9.13. The van der Waals surface area contributed by atoms with Gasteiger partial charge >= 0.3 is 5.97 Å². The molecule has 0 aliphatic rings. The van der Waals surface area contributed by atoms with Gasteiger partial charge in [0.25, 0.3) is 5.91 Å². The highest BCUT2D eigenvalue weighted by Crippen LogP contribution is 2.18. The van der Waals surface area contributed by atoms with Crippen LogP contribution >= 0.6 is 0 Å². The van der Waals surface area contributed by atoms with Gasteiger partial charge in [-0.2, -0.15) is 0 Å². The quantitative estimate of drug-likeness (QED) is 0.475. The lowest BCUT2D eigenvalue weighted by molar-refractivity contribution is -0.131. The third-order valence-corrected chi connectivity index (χ3v) is 4.04. The fourth-order valence-electron chi connectivity index (χ4n) is 2.74. The van der Waals surface area contributed by atoms with E-state index in [2.05, 4.69) is 10.6 Å². The van der Waals surface area contributed by atoms with Gasteiger partial charge in [-0.25, -0.2) is 4.39 Å². The molecule has 0 atom stereocenters. The molecule has 0 aliphatic carbocycles. The van der Waals surface area contributed by atoms with E-state index in [0.717, 1.165) is 0 Å². The van der Waals surface area contributed by atoms with Gasteiger partial charge in [0.05, 0.1) is 6.42 Å². The lowest BCUT2D eigenvalue weighted by Gasteiger charge is -2.09. The van der Waals surface area contributed by atoms with Crippen molar-refractivity contribution in [3.8, 4) is 5.75 Å². The van der Waals surface area contributed by atoms with E-state index in [-0.39, 0.29) is 24.0 Å². The van der Waals surface area contributed by atoms with E-state index in [4.69, 9.17) is 4.74 Å². The molecule has 0 saturated heterocycles. The highest BCUT2D eigenvalue weighted by molar-refractivity contribution is 6.04. The SMILES string of the molecule is CC(=O)Oc1cccc(C(=O)Nc2ccc(NC(=O)Cc3cccc(F)c3)cc2)c1. The first kappa shape index (κ1) is 20.7. The molecule has 2 amide bonds. The average molecular weight is 406 g/mol. The maximum Gasteiger partial charge on any atom is 0.308 e. The predicted octanol–water partition coefficient (Wildman–Crippen LogP) is 4.18. The molecule has 3 rings (SSSR count). The average Bonchev–Trinajstić information content (AvgIpc) is 2.69. The summed E-state index contributed by atoms with van der Waals surface area (Å²) in [6.45, 7) is 1.28. The fourth-order valence-corrected chi connectivity index (χ4v) is 2.74. The molecule has 0 unspecified atom stereocenters. The summed E-state index contributed by atoms with van der Waals surface area (Å²) >= 11 is 0. The maximum atomic E-state index is 13.2. The number of amides is 2. The van der Waals surface area contributed by atoms with Crippen molar-refractivity contribution in [2.24, 2.45) is 0 Å². The van der Waals surface area contributed by atoms with E-state index in [0.29, 0.717) is 22.5 Å². The van der Waals surface area contributed by atoms with Gasteiger partial charge in [0.2, 0.25) is 5.91 Å². The Kier molecular flexibility index (Phi) is 6.54. The summed E-state index contributed by atoms with van der Waals surface area (Å²) in [7, 11) is 0. The standard InChI is InChI=1S/C23H19FN2O4/c1-15(27)30-21-7-3-5-17(14-21)23(29)26-20-10-8-19(9-11-20)25-22(28)13-16-4-2-6-18(24)12-16/h2-12,14H,13H2,1H3,(H,25,28)(H,26,29). The molecule has 0 saturated carbocycles. The number of anilines is 2. The predicted molar refractivity (Wildman–Crippen MR) is 111 cm³/mol. The second kappa shape index (κ2) is 9.47. The lowest BCUT2D eigenvalue weighted by atomic mass is 10.1. The normalized spacial score (nSPS) is 10.2. The van der Waals surface area contributed by atoms with Gasteiger partial charge in [-0.3, -0.25) is 14.4 Å². The zero-order valence-corrected chi connectivity index (χ0v) is 16.1. The zero-order chi connectivity index (χ0) is 21.5. The van der Waals surface area contributed by atoms with Crippen LogP contribution in [0.4, 0.5) is 15.8 Å². The molecular formula is C23H19FN2O4. The second-order valence-corrected chi connectivity index (χ2v) is 6.51. The number of esters is 1. The van der Waals surface area contributed by atoms with E-state index >= 15 is 0 Å². The number of hydrogen-bond acceptors (Lipinski definition) is 4. The van der Waals surface area contributed by atoms with Gasteiger partial charge in [0.1, 0.15) is 11.6 Å². The second-order valence-electron chi connectivity index (χ2n) is 6.51. The Morgan fingerprint density at radius 1 is 0.867 bits per heavy atom. The van der Waals surface area contributed by atoms with Crippen LogP contribution in [0.25, 0.3) is 0 Å². The van der Waals surface area contributed by atoms with Crippen molar-refractivity contribution in [1.29, 1.82) is 0 Å². The molecule has 0 aliphatic heterocycles. The molecule has 6 nitrogen and oxygen atoms in total. The number of halogens is 1. The first-order valence-electron chi connectivity index (χ1n) is 9.13. The summed E-state index contributed by atoms with van der Waals surface area (Å²) in [5.41, 5.74) is 1.99. The molecule has 0 spiro atoms. The topological polar surface area (TPSA) is 84.5 Å². The Bertz CT molecular complexity index is 1080. The van der Waals surface area contributed by atoms with Gasteiger partial charge in [-0.1, -0.05) is 18.2 Å². The number of nitrogens with one attached hydrogen (secondary N) is 2. The molecule has 152 valence electrons. The van der Waals surface area contributed by atoms with Crippen molar-refractivity contribution in [3.05, 3.63) is 89.7 Å². The molecule has 30 heavy (non-hydrogen) atoms. The molecule has 0 heterocycles. The maximum absolute atomic E-state index is 13.2. The van der Waals surface area contributed by atoms with Crippen molar-refractivity contribution in [3.63, 3.8) is 0 Å². The Morgan fingerprint density at radius 3 is 2.20 bits per heavy atom. The van der Waals surface area contributed by atoms with Crippen LogP contribution in [0.3, 0.4) is 0 Å². The zero-order valence-electron chi connectivity index (χ0n) is 16.1. The molecule has 3 aromatic rings. The van der Waals surface area contributed by atoms with Gasteiger partial charge in [-0.05, 0) is 60.2 Å². The van der Waals surface area contributed by atoms with Crippen LogP contribution in [-0.4, -0.2) is 17.8 Å². The Morgan fingerprint density at radius 2 is 1.53 bits per heavy atom. The van der Waals surface area contributed by atoms with E-state index in [1.54, 1.807) is 54.6 Å². The minimum absolute atomic E-state index is 0.0505. The van der Waals surface area contributed by atoms with Crippen LogP contribution < -0.4 is 15.4 Å². The Hall–Kier alpha value is -4.00. The van der Waals surface area contributed by atoms with Gasteiger partial charge in [0, 0.05) is 23.9 Å². The molecule has 0 radical (unpaired) electrons. The summed E-state index contributed by atoms with van der Waals surface area (Å²) in [5.74, 6) is -1.22. The van der Waals surface area contributed by atoms with Crippen molar-refractivity contribution >= 4 is 29.2 Å². The van der Waals surface area contributed by atoms with E-state index in [9.17, 15) is 18.8 Å². The minimum atomic E-state index is -0.470. The van der Waals surface area contributed by atoms with Crippen LogP contribution in [-0.2, 0) is 16.0 Å². The first-order chi connectivity index (χ1) is 14.4. The van der Waals surface area contributed by atoms with Crippen LogP contribution in [0.1, 0.15) is 22.8 Å². The molecule has 3 aromatic carbocycles. The molecule has 2 N–H and O–H groups in total. The number of carbonyl (C=O) groups excluding carboxylic acids is 3. The number of benzene rings is 3. The lowest BCUT2D eigenvalue weighted by Crippen LogP contribution is -2.15. The van der Waals surface area contributed by atoms with Gasteiger partial charge < -0.3 is 15.4 Å². The van der Waals surface area contributed by atoms with E-state index in [1.807, 2.05) is 0 Å². The third kappa shape index (κ3) is 6.00. The highest BCUT2D eigenvalue weighted by atomic mass is 19.1. The molecule has 7 heteroatoms. The highest BCUT2D eigenvalue weighted by Gasteiger charge is 2.09. The van der Waals surface area contributed by atoms with Crippen LogP contribution in [0.2, 0.25) is 0 Å². The largest absolute Gasteiger partial charge is 0.427 e. The molecular weight excluding hydrogens is 387 g/mol. The van der Waals surface area contributed by atoms with Crippen LogP contribution in [0.15, 0.2) is 72.8 Å². The number of carbonyl (C=O) groups is 3. The van der Waals surface area contributed by atoms with E-state index < -0.39 is 11.8 Å². The molecule has 0 fully saturated rings. The summed E-state index contributed by atoms with van der Waals surface area (Å²) < 4.78 is 18.2. The van der Waals surface area contributed by atoms with Crippen molar-refractivity contribution in [2.45, 2.75) is 13.3 Å². The summed E-state index contributed by atoms with van der Waals surface area (Å²) in [6, 6.07) is 18.7. The molecule has 0 aromatic heterocycles. The number of rotatable bonds is 6. The summed E-state index contributed by atoms with van der Waals surface area (Å²) in [4.78, 5) is 35.5. The van der Waals surface area contributed by atoms with Gasteiger partial charge in [-0.15, -0.1) is 0 Å². The monoisotopic (exact) mass is 406 g/mol. The Balaban J connectivity index is 1.58. The van der Waals surface area contributed by atoms with Crippen LogP contribution in [0, 0.1) is 5.82 Å². The molecule has 0 bridgehead atoms. The smallest absolute Gasteiger partial charge is 0.308 e. The van der Waals surface area contributed by atoms with Gasteiger partial charge in [0.15, 0.2) is 0 Å². The van der Waals surface area contributed by atoms with Crippen LogP contribution in [0.5, 0.6) is 5.75 Å². The minimum Gasteiger partial charge on any atom is -0.427 e. The Labute approximate surface area is 172 Å². The van der Waals surface area contributed by atoms with Crippen molar-refractivity contribution < 1.29 is 23.5 Å². The third-order valence-electron chi connectivity index (χ3n) is 4.04. The summed E-state index contributed by atoms with van der Waals surface area (Å²) in [6.07, 6.45) is 0.0505. The summed E-state index contributed by atoms with van der Waals surface area (Å²) in [5, 5.41) is 5.46. The number of ether oxygens (including phenoxy) is 1.